The van der Waals surface area contributed by atoms with Crippen LogP contribution in [0.1, 0.15) is 40.0 Å². The minimum atomic E-state index is -4.36. The average molecular weight is 400 g/mol. The van der Waals surface area contributed by atoms with Gasteiger partial charge in [-0.3, -0.25) is 4.90 Å². The van der Waals surface area contributed by atoms with Crippen molar-refractivity contribution in [2.24, 2.45) is 5.41 Å². The molecule has 2 aliphatic heterocycles. The lowest BCUT2D eigenvalue weighted by atomic mass is 9.83. The number of nitrogens with zero attached hydrogens (tertiary/aromatic N) is 2. The monoisotopic (exact) mass is 400 g/mol. The fourth-order valence-corrected chi connectivity index (χ4v) is 4.32. The molecule has 0 radical (unpaired) electrons. The van der Waals surface area contributed by atoms with Crippen LogP contribution in [0.2, 0.25) is 0 Å². The van der Waals surface area contributed by atoms with Gasteiger partial charge in [0.05, 0.1) is 7.11 Å². The largest absolute Gasteiger partial charge is 0.497 e. The molecule has 1 aliphatic carbocycles. The zero-order chi connectivity index (χ0) is 20.7. The third-order valence-electron chi connectivity index (χ3n) is 5.63. The minimum Gasteiger partial charge on any atom is -0.497 e. The summed E-state index contributed by atoms with van der Waals surface area (Å²) >= 11 is 0. The highest BCUT2D eigenvalue weighted by molar-refractivity contribution is 5.48. The fourth-order valence-electron chi connectivity index (χ4n) is 4.32. The molecule has 3 aliphatic rings. The standard InChI is InChI=1S/C21H31F3N2O2/c1-20(2,3)10-15-11-26-7-6-14-8-19(28-13-21(22,23)24)18(27-5)9-16(14)17(26)12-25(15)4/h8,15H,6-7,9-13H2,1-5H3/t15-/m1/s1. The van der Waals surface area contributed by atoms with Gasteiger partial charge in [-0.05, 0) is 42.5 Å². The van der Waals surface area contributed by atoms with Gasteiger partial charge in [-0.1, -0.05) is 20.8 Å². The Morgan fingerprint density at radius 1 is 1.21 bits per heavy atom. The minimum absolute atomic E-state index is 0.211. The van der Waals surface area contributed by atoms with E-state index in [2.05, 4.69) is 37.6 Å². The molecule has 0 spiro atoms. The van der Waals surface area contributed by atoms with Crippen LogP contribution in [0.4, 0.5) is 13.2 Å². The van der Waals surface area contributed by atoms with Crippen molar-refractivity contribution in [3.05, 3.63) is 34.4 Å². The van der Waals surface area contributed by atoms with Crippen LogP contribution in [0.5, 0.6) is 0 Å². The number of hydrogen-bond donors (Lipinski definition) is 0. The molecule has 0 unspecified atom stereocenters. The molecule has 0 bridgehead atoms. The van der Waals surface area contributed by atoms with Crippen LogP contribution in [0.3, 0.4) is 0 Å². The predicted octanol–water partition coefficient (Wildman–Crippen LogP) is 4.46. The quantitative estimate of drug-likeness (QED) is 0.696. The normalized spacial score (nSPS) is 24.1. The molecular formula is C21H31F3N2O2. The zero-order valence-electron chi connectivity index (χ0n) is 17.4. The highest BCUT2D eigenvalue weighted by atomic mass is 19.4. The third kappa shape index (κ3) is 4.85. The highest BCUT2D eigenvalue weighted by Gasteiger charge is 2.37. The van der Waals surface area contributed by atoms with Crippen molar-refractivity contribution in [3.63, 3.8) is 0 Å². The SMILES string of the molecule is COC1=C(OCC(F)(F)F)C=C2CCN3C[C@@H](CC(C)(C)C)N(C)CC3=C2C1. The number of ether oxygens (including phenoxy) is 2. The summed E-state index contributed by atoms with van der Waals surface area (Å²) in [5.41, 5.74) is 3.80. The van der Waals surface area contributed by atoms with Gasteiger partial charge in [-0.25, -0.2) is 0 Å². The molecule has 0 amide bonds. The molecule has 4 nitrogen and oxygen atoms in total. The topological polar surface area (TPSA) is 24.9 Å². The Labute approximate surface area is 165 Å². The maximum absolute atomic E-state index is 12.6. The van der Waals surface area contributed by atoms with Gasteiger partial charge in [0.15, 0.2) is 12.4 Å². The van der Waals surface area contributed by atoms with E-state index in [-0.39, 0.29) is 11.2 Å². The van der Waals surface area contributed by atoms with E-state index in [0.717, 1.165) is 38.0 Å². The lowest BCUT2D eigenvalue weighted by Crippen LogP contribution is -2.53. The predicted molar refractivity (Wildman–Crippen MR) is 102 cm³/mol. The van der Waals surface area contributed by atoms with Crippen LogP contribution in [-0.2, 0) is 9.47 Å². The summed E-state index contributed by atoms with van der Waals surface area (Å²) in [4.78, 5) is 4.86. The number of halogens is 3. The van der Waals surface area contributed by atoms with Crippen molar-refractivity contribution >= 4 is 0 Å². The van der Waals surface area contributed by atoms with Crippen LogP contribution < -0.4 is 0 Å². The molecule has 0 aromatic rings. The van der Waals surface area contributed by atoms with Gasteiger partial charge >= 0.3 is 6.18 Å². The van der Waals surface area contributed by atoms with Crippen molar-refractivity contribution in [2.75, 3.05) is 40.4 Å². The molecular weight excluding hydrogens is 369 g/mol. The van der Waals surface area contributed by atoms with Crippen LogP contribution in [0.25, 0.3) is 0 Å². The molecule has 1 fully saturated rings. The molecule has 2 heterocycles. The second kappa shape index (κ2) is 7.65. The lowest BCUT2D eigenvalue weighted by Gasteiger charge is -2.48. The molecule has 28 heavy (non-hydrogen) atoms. The number of methoxy groups -OCH3 is 1. The Morgan fingerprint density at radius 3 is 2.54 bits per heavy atom. The zero-order valence-corrected chi connectivity index (χ0v) is 17.4. The molecule has 1 saturated heterocycles. The third-order valence-corrected chi connectivity index (χ3v) is 5.63. The van der Waals surface area contributed by atoms with Crippen LogP contribution in [-0.4, -0.2) is 62.4 Å². The lowest BCUT2D eigenvalue weighted by molar-refractivity contribution is -0.164. The summed E-state index contributed by atoms with van der Waals surface area (Å²) in [5.74, 6) is 0.680. The number of hydrogen-bond acceptors (Lipinski definition) is 4. The van der Waals surface area contributed by atoms with E-state index in [4.69, 9.17) is 9.47 Å². The second-order valence-electron chi connectivity index (χ2n) is 9.20. The molecule has 7 heteroatoms. The van der Waals surface area contributed by atoms with Gasteiger partial charge in [0.2, 0.25) is 0 Å². The Bertz CT molecular complexity index is 701. The summed E-state index contributed by atoms with van der Waals surface area (Å²) in [6.07, 6.45) is -0.181. The first-order valence-corrected chi connectivity index (χ1v) is 9.81. The van der Waals surface area contributed by atoms with Crippen molar-refractivity contribution in [2.45, 2.75) is 52.3 Å². The first-order valence-electron chi connectivity index (χ1n) is 9.81. The molecule has 0 aromatic carbocycles. The number of fused-ring (bicyclic) bond motifs is 2. The van der Waals surface area contributed by atoms with E-state index in [1.165, 1.54) is 18.4 Å². The Kier molecular flexibility index (Phi) is 5.76. The molecule has 1 atom stereocenters. The van der Waals surface area contributed by atoms with E-state index in [1.807, 2.05) is 0 Å². The number of piperazine rings is 1. The van der Waals surface area contributed by atoms with E-state index in [1.54, 1.807) is 6.08 Å². The van der Waals surface area contributed by atoms with Crippen molar-refractivity contribution < 1.29 is 22.6 Å². The first-order chi connectivity index (χ1) is 13.0. The highest BCUT2D eigenvalue weighted by Crippen LogP contribution is 2.40. The van der Waals surface area contributed by atoms with Crippen LogP contribution in [0.15, 0.2) is 34.4 Å². The summed E-state index contributed by atoms with van der Waals surface area (Å²) < 4.78 is 48.1. The summed E-state index contributed by atoms with van der Waals surface area (Å²) in [5, 5.41) is 0. The number of allylic oxidation sites excluding steroid dienone is 2. The van der Waals surface area contributed by atoms with Gasteiger partial charge in [-0.2, -0.15) is 13.2 Å². The summed E-state index contributed by atoms with van der Waals surface area (Å²) in [6.45, 7) is 8.25. The van der Waals surface area contributed by atoms with Crippen LogP contribution in [0, 0.1) is 5.41 Å². The number of rotatable bonds is 4. The van der Waals surface area contributed by atoms with Gasteiger partial charge < -0.3 is 14.4 Å². The van der Waals surface area contributed by atoms with Gasteiger partial charge in [0.1, 0.15) is 5.76 Å². The van der Waals surface area contributed by atoms with E-state index >= 15 is 0 Å². The Hall–Kier alpha value is -1.63. The maximum Gasteiger partial charge on any atom is 0.422 e. The van der Waals surface area contributed by atoms with Crippen molar-refractivity contribution in [3.8, 4) is 0 Å². The smallest absolute Gasteiger partial charge is 0.422 e. The van der Waals surface area contributed by atoms with Crippen molar-refractivity contribution in [1.29, 1.82) is 0 Å². The second-order valence-corrected chi connectivity index (χ2v) is 9.20. The van der Waals surface area contributed by atoms with Gasteiger partial charge in [-0.15, -0.1) is 0 Å². The molecule has 3 rings (SSSR count). The van der Waals surface area contributed by atoms with E-state index < -0.39 is 12.8 Å². The van der Waals surface area contributed by atoms with Gasteiger partial charge in [0.25, 0.3) is 0 Å². The average Bonchev–Trinajstić information content (AvgIpc) is 2.58. The Balaban J connectivity index is 1.81. The fraction of sp³-hybridized carbons (Fsp3) is 0.714. The first kappa shape index (κ1) is 21.1. The van der Waals surface area contributed by atoms with E-state index in [0.29, 0.717) is 18.2 Å². The van der Waals surface area contributed by atoms with Crippen LogP contribution >= 0.6 is 0 Å². The number of alkyl halides is 3. The number of likely N-dealkylation sites (N-methyl/N-ethyl adjacent to an activating group) is 1. The van der Waals surface area contributed by atoms with Crippen molar-refractivity contribution in [1.82, 2.24) is 9.80 Å². The molecule has 158 valence electrons. The summed E-state index contributed by atoms with van der Waals surface area (Å²) in [7, 11) is 3.65. The van der Waals surface area contributed by atoms with E-state index in [9.17, 15) is 13.2 Å². The summed E-state index contributed by atoms with van der Waals surface area (Å²) in [6, 6.07) is 0.501. The molecule has 0 saturated carbocycles. The van der Waals surface area contributed by atoms with Gasteiger partial charge in [0, 0.05) is 37.8 Å². The Morgan fingerprint density at radius 2 is 1.93 bits per heavy atom. The molecule has 0 aromatic heterocycles. The maximum atomic E-state index is 12.6. The molecule has 0 N–H and O–H groups in total.